The number of hydrogen-bond donors (Lipinski definition) is 1. The molecular weight excluding hydrogens is 409 g/mol. The number of anilines is 1. The monoisotopic (exact) mass is 431 g/mol. The van der Waals surface area contributed by atoms with Crippen molar-refractivity contribution in [2.75, 3.05) is 5.32 Å². The van der Waals surface area contributed by atoms with Crippen molar-refractivity contribution in [3.63, 3.8) is 0 Å². The Labute approximate surface area is 183 Å². The van der Waals surface area contributed by atoms with Gasteiger partial charge in [-0.05, 0) is 31.5 Å². The van der Waals surface area contributed by atoms with Crippen molar-refractivity contribution in [3.05, 3.63) is 94.2 Å². The average molecular weight is 431 g/mol. The van der Waals surface area contributed by atoms with Gasteiger partial charge in [0.1, 0.15) is 5.82 Å². The zero-order chi connectivity index (χ0) is 22.8. The maximum Gasteiger partial charge on any atom is 0.279 e. The lowest BCUT2D eigenvalue weighted by atomic mass is 10.1. The SMILES string of the molecule is C=CCn1c(C)c(CC(=O)Nc2cc(F)ccc2C)c(=O)n2nc(-c3ccccc3)nc12. The molecule has 162 valence electrons. The lowest BCUT2D eigenvalue weighted by Crippen LogP contribution is -2.29. The van der Waals surface area contributed by atoms with E-state index >= 15 is 0 Å². The van der Waals surface area contributed by atoms with E-state index in [4.69, 9.17) is 0 Å². The number of hydrogen-bond acceptors (Lipinski definition) is 4. The minimum Gasteiger partial charge on any atom is -0.325 e. The number of nitrogens with one attached hydrogen (secondary N) is 1. The third-order valence-corrected chi connectivity index (χ3v) is 5.28. The van der Waals surface area contributed by atoms with Gasteiger partial charge < -0.3 is 9.88 Å². The van der Waals surface area contributed by atoms with E-state index < -0.39 is 17.3 Å². The molecule has 0 saturated carbocycles. The number of amides is 1. The number of halogens is 1. The quantitative estimate of drug-likeness (QED) is 0.472. The molecule has 0 saturated heterocycles. The first-order valence-electron chi connectivity index (χ1n) is 10.1. The molecule has 2 aromatic heterocycles. The maximum absolute atomic E-state index is 13.6. The first-order chi connectivity index (χ1) is 15.4. The fraction of sp³-hybridized carbons (Fsp3) is 0.167. The standard InChI is InChI=1S/C24H22FN5O2/c1-4-12-29-16(3)19(14-21(31)26-20-13-18(25)11-10-15(20)2)23(32)30-24(29)27-22(28-30)17-8-6-5-7-9-17/h4-11,13H,1,12,14H2,2-3H3,(H,26,31). The van der Waals surface area contributed by atoms with E-state index in [0.29, 0.717) is 29.5 Å². The van der Waals surface area contributed by atoms with Crippen LogP contribution < -0.4 is 10.9 Å². The van der Waals surface area contributed by atoms with Gasteiger partial charge >= 0.3 is 0 Å². The van der Waals surface area contributed by atoms with Crippen LogP contribution in [0.15, 0.2) is 66.0 Å². The summed E-state index contributed by atoms with van der Waals surface area (Å²) in [7, 11) is 0. The maximum atomic E-state index is 13.6. The lowest BCUT2D eigenvalue weighted by molar-refractivity contribution is -0.115. The highest BCUT2D eigenvalue weighted by molar-refractivity contribution is 5.93. The molecule has 1 amide bonds. The molecule has 0 fully saturated rings. The Morgan fingerprint density at radius 1 is 1.19 bits per heavy atom. The van der Waals surface area contributed by atoms with Crippen LogP contribution >= 0.6 is 0 Å². The Hall–Kier alpha value is -4.07. The molecule has 0 radical (unpaired) electrons. The first-order valence-corrected chi connectivity index (χ1v) is 10.1. The summed E-state index contributed by atoms with van der Waals surface area (Å²) in [4.78, 5) is 30.5. The second kappa shape index (κ2) is 8.58. The summed E-state index contributed by atoms with van der Waals surface area (Å²) in [6.07, 6.45) is 1.50. The highest BCUT2D eigenvalue weighted by Crippen LogP contribution is 2.19. The van der Waals surface area contributed by atoms with E-state index in [9.17, 15) is 14.0 Å². The first kappa shape index (κ1) is 21.2. The summed E-state index contributed by atoms with van der Waals surface area (Å²) >= 11 is 0. The Bertz CT molecular complexity index is 1390. The van der Waals surface area contributed by atoms with Crippen LogP contribution in [0, 0.1) is 19.7 Å². The van der Waals surface area contributed by atoms with Crippen molar-refractivity contribution in [1.82, 2.24) is 19.2 Å². The molecule has 7 nitrogen and oxygen atoms in total. The molecule has 2 heterocycles. The number of benzene rings is 2. The highest BCUT2D eigenvalue weighted by Gasteiger charge is 2.20. The van der Waals surface area contributed by atoms with Gasteiger partial charge in [0.15, 0.2) is 5.82 Å². The van der Waals surface area contributed by atoms with Gasteiger partial charge in [-0.3, -0.25) is 9.59 Å². The van der Waals surface area contributed by atoms with E-state index in [2.05, 4.69) is 22.0 Å². The molecule has 8 heteroatoms. The van der Waals surface area contributed by atoms with Gasteiger partial charge in [-0.2, -0.15) is 9.50 Å². The zero-order valence-electron chi connectivity index (χ0n) is 17.8. The summed E-state index contributed by atoms with van der Waals surface area (Å²) in [5.74, 6) is -0.0898. The van der Waals surface area contributed by atoms with Crippen LogP contribution in [-0.2, 0) is 17.8 Å². The lowest BCUT2D eigenvalue weighted by Gasteiger charge is -2.14. The van der Waals surface area contributed by atoms with E-state index in [-0.39, 0.29) is 12.0 Å². The van der Waals surface area contributed by atoms with Crippen molar-refractivity contribution >= 4 is 17.4 Å². The second-order valence-electron chi connectivity index (χ2n) is 7.47. The van der Waals surface area contributed by atoms with E-state index in [1.54, 1.807) is 30.6 Å². The van der Waals surface area contributed by atoms with Crippen molar-refractivity contribution in [2.24, 2.45) is 0 Å². The molecule has 0 spiro atoms. The summed E-state index contributed by atoms with van der Waals surface area (Å²) in [5.41, 5.74) is 2.33. The smallest absolute Gasteiger partial charge is 0.279 e. The van der Waals surface area contributed by atoms with Crippen molar-refractivity contribution < 1.29 is 9.18 Å². The van der Waals surface area contributed by atoms with Crippen molar-refractivity contribution in [2.45, 2.75) is 26.8 Å². The second-order valence-corrected chi connectivity index (χ2v) is 7.47. The molecule has 0 aliphatic carbocycles. The third-order valence-electron chi connectivity index (χ3n) is 5.28. The van der Waals surface area contributed by atoms with E-state index in [1.807, 2.05) is 30.3 Å². The fourth-order valence-electron chi connectivity index (χ4n) is 3.55. The van der Waals surface area contributed by atoms with Crippen LogP contribution in [-0.4, -0.2) is 25.1 Å². The van der Waals surface area contributed by atoms with E-state index in [1.165, 1.54) is 16.6 Å². The molecular formula is C24H22FN5O2. The highest BCUT2D eigenvalue weighted by atomic mass is 19.1. The average Bonchev–Trinajstić information content (AvgIpc) is 3.23. The van der Waals surface area contributed by atoms with E-state index in [0.717, 1.165) is 11.1 Å². The Morgan fingerprint density at radius 2 is 1.94 bits per heavy atom. The van der Waals surface area contributed by atoms with Gasteiger partial charge in [0.2, 0.25) is 11.7 Å². The molecule has 32 heavy (non-hydrogen) atoms. The van der Waals surface area contributed by atoms with Gasteiger partial charge in [0.25, 0.3) is 5.56 Å². The van der Waals surface area contributed by atoms with Crippen LogP contribution in [0.25, 0.3) is 17.2 Å². The number of carbonyl (C=O) groups excluding carboxylic acids is 1. The van der Waals surface area contributed by atoms with Crippen LogP contribution in [0.3, 0.4) is 0 Å². The van der Waals surface area contributed by atoms with Gasteiger partial charge in [-0.25, -0.2) is 4.39 Å². The predicted octanol–water partition coefficient (Wildman–Crippen LogP) is 3.68. The predicted molar refractivity (Wildman–Crippen MR) is 121 cm³/mol. The largest absolute Gasteiger partial charge is 0.325 e. The molecule has 1 N–H and O–H groups in total. The Balaban J connectivity index is 1.77. The molecule has 0 unspecified atom stereocenters. The van der Waals surface area contributed by atoms with Gasteiger partial charge in [0.05, 0.1) is 6.42 Å². The molecule has 0 aliphatic rings. The summed E-state index contributed by atoms with van der Waals surface area (Å²) in [6, 6.07) is 13.5. The van der Waals surface area contributed by atoms with Crippen LogP contribution in [0.1, 0.15) is 16.8 Å². The van der Waals surface area contributed by atoms with Gasteiger partial charge in [-0.1, -0.05) is 42.5 Å². The number of nitrogens with zero attached hydrogens (tertiary/aromatic N) is 4. The van der Waals surface area contributed by atoms with Crippen LogP contribution in [0.5, 0.6) is 0 Å². The molecule has 0 aliphatic heterocycles. The number of fused-ring (bicyclic) bond motifs is 1. The molecule has 4 rings (SSSR count). The van der Waals surface area contributed by atoms with Crippen LogP contribution in [0.4, 0.5) is 10.1 Å². The van der Waals surface area contributed by atoms with Crippen LogP contribution in [0.2, 0.25) is 0 Å². The zero-order valence-corrected chi connectivity index (χ0v) is 17.8. The minimum atomic E-state index is -0.451. The van der Waals surface area contributed by atoms with Gasteiger partial charge in [0, 0.05) is 29.1 Å². The molecule has 0 atom stereocenters. The number of carbonyl (C=O) groups is 1. The number of aromatic nitrogens is 4. The number of allylic oxidation sites excluding steroid dienone is 1. The number of aryl methyl sites for hydroxylation is 1. The Kier molecular flexibility index (Phi) is 5.68. The molecule has 2 aromatic carbocycles. The topological polar surface area (TPSA) is 81.3 Å². The molecule has 0 bridgehead atoms. The Morgan fingerprint density at radius 3 is 2.66 bits per heavy atom. The summed E-state index contributed by atoms with van der Waals surface area (Å²) in [6.45, 7) is 7.70. The van der Waals surface area contributed by atoms with Crippen molar-refractivity contribution in [3.8, 4) is 11.4 Å². The van der Waals surface area contributed by atoms with Gasteiger partial charge in [-0.15, -0.1) is 11.7 Å². The normalized spacial score (nSPS) is 11.0. The third kappa shape index (κ3) is 3.94. The molecule has 4 aromatic rings. The fourth-order valence-corrected chi connectivity index (χ4v) is 3.55. The van der Waals surface area contributed by atoms with Crippen molar-refractivity contribution in [1.29, 1.82) is 0 Å². The summed E-state index contributed by atoms with van der Waals surface area (Å²) in [5, 5.41) is 7.09. The minimum absolute atomic E-state index is 0.186. The number of rotatable bonds is 6. The summed E-state index contributed by atoms with van der Waals surface area (Å²) < 4.78 is 16.6.